The molecule has 4 rings (SSSR count). The van der Waals surface area contributed by atoms with Gasteiger partial charge in [0.05, 0.1) is 7.11 Å². The Labute approximate surface area is 215 Å². The largest absolute Gasteiger partial charge is 0.497 e. The van der Waals surface area contributed by atoms with Gasteiger partial charge in [-0.2, -0.15) is 0 Å². The quantitative estimate of drug-likeness (QED) is 0.313. The van der Waals surface area contributed by atoms with E-state index < -0.39 is 11.6 Å². The van der Waals surface area contributed by atoms with Crippen LogP contribution in [0.3, 0.4) is 0 Å². The molecule has 0 unspecified atom stereocenters. The van der Waals surface area contributed by atoms with Crippen LogP contribution in [0.2, 0.25) is 0 Å². The third-order valence-electron chi connectivity index (χ3n) is 8.61. The molecule has 2 saturated carbocycles. The SMILES string of the molecule is CCCCCC1CCC(c2ccc(C=CC3CCC(c4ccc(OC)cc4F)CC3)c(F)c2F)CC1. The zero-order valence-corrected chi connectivity index (χ0v) is 21.9. The lowest BCUT2D eigenvalue weighted by atomic mass is 9.76. The molecule has 0 N–H and O–H groups in total. The molecule has 0 spiro atoms. The third kappa shape index (κ3) is 6.55. The highest BCUT2D eigenvalue weighted by molar-refractivity contribution is 5.52. The fraction of sp³-hybridized carbons (Fsp3) is 0.562. The number of hydrogen-bond donors (Lipinski definition) is 0. The molecule has 196 valence electrons. The summed E-state index contributed by atoms with van der Waals surface area (Å²) in [6, 6.07) is 8.64. The molecule has 0 radical (unpaired) electrons. The van der Waals surface area contributed by atoms with E-state index in [1.165, 1.54) is 38.9 Å². The van der Waals surface area contributed by atoms with Crippen molar-refractivity contribution >= 4 is 6.08 Å². The Bertz CT molecular complexity index is 1010. The van der Waals surface area contributed by atoms with E-state index in [9.17, 15) is 8.78 Å². The van der Waals surface area contributed by atoms with Crippen molar-refractivity contribution in [3.63, 3.8) is 0 Å². The highest BCUT2D eigenvalue weighted by Gasteiger charge is 2.26. The lowest BCUT2D eigenvalue weighted by molar-refractivity contribution is 0.298. The number of benzene rings is 2. The molecular weight excluding hydrogens is 457 g/mol. The Balaban J connectivity index is 1.31. The van der Waals surface area contributed by atoms with Crippen LogP contribution < -0.4 is 4.74 Å². The summed E-state index contributed by atoms with van der Waals surface area (Å²) in [6.07, 6.45) is 16.6. The number of rotatable bonds is 9. The Morgan fingerprint density at radius 1 is 0.806 bits per heavy atom. The van der Waals surface area contributed by atoms with Crippen LogP contribution in [-0.2, 0) is 0 Å². The van der Waals surface area contributed by atoms with E-state index in [4.69, 9.17) is 4.74 Å². The average Bonchev–Trinajstić information content (AvgIpc) is 2.90. The standard InChI is InChI=1S/C32H41F3O/c1-3-4-5-6-22-7-14-25(15-8-22)29-19-17-26(31(34)32(29)35)16-11-23-9-12-24(13-10-23)28-20-18-27(36-2)21-30(28)33/h11,16-25H,3-10,12-15H2,1-2H3. The molecule has 2 aromatic rings. The molecule has 2 fully saturated rings. The van der Waals surface area contributed by atoms with Crippen molar-refractivity contribution in [1.29, 1.82) is 0 Å². The Morgan fingerprint density at radius 3 is 2.14 bits per heavy atom. The van der Waals surface area contributed by atoms with Crippen molar-refractivity contribution in [2.45, 2.75) is 95.8 Å². The van der Waals surface area contributed by atoms with E-state index >= 15 is 4.39 Å². The first-order chi connectivity index (χ1) is 17.5. The molecule has 0 aliphatic heterocycles. The van der Waals surface area contributed by atoms with Crippen molar-refractivity contribution in [2.75, 3.05) is 7.11 Å². The van der Waals surface area contributed by atoms with Crippen LogP contribution in [0.15, 0.2) is 36.4 Å². The molecule has 0 saturated heterocycles. The van der Waals surface area contributed by atoms with E-state index in [0.717, 1.165) is 62.8 Å². The predicted molar refractivity (Wildman–Crippen MR) is 142 cm³/mol. The Kier molecular flexibility index (Phi) is 9.56. The molecule has 0 amide bonds. The summed E-state index contributed by atoms with van der Waals surface area (Å²) < 4.78 is 49.6. The molecule has 36 heavy (non-hydrogen) atoms. The van der Waals surface area contributed by atoms with Crippen LogP contribution >= 0.6 is 0 Å². The first-order valence-electron chi connectivity index (χ1n) is 14.0. The van der Waals surface area contributed by atoms with E-state index in [-0.39, 0.29) is 17.7 Å². The van der Waals surface area contributed by atoms with Gasteiger partial charge < -0.3 is 4.74 Å². The fourth-order valence-electron chi connectivity index (χ4n) is 6.30. The summed E-state index contributed by atoms with van der Waals surface area (Å²) >= 11 is 0. The van der Waals surface area contributed by atoms with Gasteiger partial charge in [0.25, 0.3) is 0 Å². The van der Waals surface area contributed by atoms with Gasteiger partial charge in [-0.3, -0.25) is 0 Å². The molecule has 2 aliphatic carbocycles. The molecule has 4 heteroatoms. The van der Waals surface area contributed by atoms with Gasteiger partial charge in [-0.1, -0.05) is 63.0 Å². The zero-order valence-electron chi connectivity index (χ0n) is 21.9. The summed E-state index contributed by atoms with van der Waals surface area (Å²) in [6.45, 7) is 2.23. The summed E-state index contributed by atoms with van der Waals surface area (Å²) in [4.78, 5) is 0. The maximum atomic E-state index is 15.0. The number of methoxy groups -OCH3 is 1. The molecule has 2 aromatic carbocycles. The second-order valence-electron chi connectivity index (χ2n) is 10.9. The number of unbranched alkanes of at least 4 members (excludes halogenated alkanes) is 2. The van der Waals surface area contributed by atoms with Gasteiger partial charge in [-0.15, -0.1) is 0 Å². The Hall–Kier alpha value is -2.23. The second-order valence-corrected chi connectivity index (χ2v) is 10.9. The van der Waals surface area contributed by atoms with Gasteiger partial charge in [-0.25, -0.2) is 13.2 Å². The predicted octanol–water partition coefficient (Wildman–Crippen LogP) is 9.95. The lowest BCUT2D eigenvalue weighted by Crippen LogP contribution is -2.15. The zero-order chi connectivity index (χ0) is 25.5. The minimum Gasteiger partial charge on any atom is -0.497 e. The summed E-state index contributed by atoms with van der Waals surface area (Å²) in [5.74, 6) is 0.309. The monoisotopic (exact) mass is 498 g/mol. The van der Waals surface area contributed by atoms with Gasteiger partial charge in [0.15, 0.2) is 11.6 Å². The van der Waals surface area contributed by atoms with Crippen molar-refractivity contribution in [3.05, 3.63) is 70.5 Å². The van der Waals surface area contributed by atoms with Crippen LogP contribution in [0.4, 0.5) is 13.2 Å². The molecule has 0 heterocycles. The molecule has 0 bridgehead atoms. The van der Waals surface area contributed by atoms with Crippen molar-refractivity contribution in [2.24, 2.45) is 11.8 Å². The first kappa shape index (κ1) is 26.8. The lowest BCUT2D eigenvalue weighted by Gasteiger charge is -2.29. The van der Waals surface area contributed by atoms with Gasteiger partial charge in [0.2, 0.25) is 0 Å². The molecule has 0 atom stereocenters. The minimum atomic E-state index is -0.720. The number of hydrogen-bond acceptors (Lipinski definition) is 1. The average molecular weight is 499 g/mol. The van der Waals surface area contributed by atoms with Crippen LogP contribution in [0.5, 0.6) is 5.75 Å². The van der Waals surface area contributed by atoms with Crippen LogP contribution in [0.25, 0.3) is 6.08 Å². The number of ether oxygens (including phenoxy) is 1. The van der Waals surface area contributed by atoms with E-state index in [1.807, 2.05) is 24.3 Å². The van der Waals surface area contributed by atoms with Crippen LogP contribution in [-0.4, -0.2) is 7.11 Å². The van der Waals surface area contributed by atoms with Crippen LogP contribution in [0.1, 0.15) is 112 Å². The first-order valence-corrected chi connectivity index (χ1v) is 14.0. The number of halogens is 3. The van der Waals surface area contributed by atoms with Gasteiger partial charge >= 0.3 is 0 Å². The molecule has 1 nitrogen and oxygen atoms in total. The normalized spacial score (nSPS) is 24.8. The van der Waals surface area contributed by atoms with Gasteiger partial charge in [-0.05, 0) is 92.2 Å². The van der Waals surface area contributed by atoms with Crippen molar-refractivity contribution < 1.29 is 17.9 Å². The summed E-state index contributed by atoms with van der Waals surface area (Å²) in [5.41, 5.74) is 1.63. The number of allylic oxidation sites excluding steroid dienone is 1. The summed E-state index contributed by atoms with van der Waals surface area (Å²) in [7, 11) is 1.54. The van der Waals surface area contributed by atoms with Crippen molar-refractivity contribution in [3.8, 4) is 5.75 Å². The van der Waals surface area contributed by atoms with E-state index in [0.29, 0.717) is 22.8 Å². The maximum absolute atomic E-state index is 15.0. The Morgan fingerprint density at radius 2 is 1.47 bits per heavy atom. The second kappa shape index (κ2) is 12.8. The molecule has 2 aliphatic rings. The van der Waals surface area contributed by atoms with E-state index in [1.54, 1.807) is 12.1 Å². The topological polar surface area (TPSA) is 9.23 Å². The van der Waals surface area contributed by atoms with Gasteiger partial charge in [0.1, 0.15) is 11.6 Å². The van der Waals surface area contributed by atoms with Gasteiger partial charge in [0, 0.05) is 11.6 Å². The molecule has 0 aromatic heterocycles. The van der Waals surface area contributed by atoms with E-state index in [2.05, 4.69) is 6.92 Å². The minimum absolute atomic E-state index is 0.133. The summed E-state index contributed by atoms with van der Waals surface area (Å²) in [5, 5.41) is 0. The third-order valence-corrected chi connectivity index (χ3v) is 8.61. The highest BCUT2D eigenvalue weighted by Crippen LogP contribution is 2.40. The smallest absolute Gasteiger partial charge is 0.166 e. The highest BCUT2D eigenvalue weighted by atomic mass is 19.2. The van der Waals surface area contributed by atoms with Crippen molar-refractivity contribution in [1.82, 2.24) is 0 Å². The maximum Gasteiger partial charge on any atom is 0.166 e. The van der Waals surface area contributed by atoms with Crippen LogP contribution in [0, 0.1) is 29.3 Å². The fourth-order valence-corrected chi connectivity index (χ4v) is 6.30. The molecular formula is C32H41F3O.